The van der Waals surface area contributed by atoms with Gasteiger partial charge in [-0.2, -0.15) is 0 Å². The van der Waals surface area contributed by atoms with E-state index in [1.165, 1.54) is 0 Å². The van der Waals surface area contributed by atoms with Gasteiger partial charge >= 0.3 is 0 Å². The number of carbonyl (C=O) groups is 1. The molecule has 1 aromatic carbocycles. The van der Waals surface area contributed by atoms with E-state index in [4.69, 9.17) is 10.5 Å². The standard InChI is InChI=1S/C22H28N4O2/c1-16(2)12-22(3,15-23)25-21(27)17-7-6-8-19(11-17)28-14-18-13-26-10-5-4-9-20(26)24-18/h4-11,13,16H,12,14-15,23H2,1-3H3,(H,25,27). The van der Waals surface area contributed by atoms with Crippen LogP contribution in [-0.4, -0.2) is 27.4 Å². The summed E-state index contributed by atoms with van der Waals surface area (Å²) in [4.78, 5) is 17.2. The molecule has 2 aromatic heterocycles. The van der Waals surface area contributed by atoms with Crippen molar-refractivity contribution in [2.45, 2.75) is 39.3 Å². The lowest BCUT2D eigenvalue weighted by Gasteiger charge is -2.31. The van der Waals surface area contributed by atoms with Crippen LogP contribution in [-0.2, 0) is 6.61 Å². The highest BCUT2D eigenvalue weighted by atomic mass is 16.5. The number of amides is 1. The van der Waals surface area contributed by atoms with Gasteiger partial charge in [0.1, 0.15) is 18.0 Å². The number of fused-ring (bicyclic) bond motifs is 1. The van der Waals surface area contributed by atoms with E-state index in [1.807, 2.05) is 54.0 Å². The summed E-state index contributed by atoms with van der Waals surface area (Å²) in [7, 11) is 0. The van der Waals surface area contributed by atoms with E-state index < -0.39 is 5.54 Å². The lowest BCUT2D eigenvalue weighted by Crippen LogP contribution is -2.52. The summed E-state index contributed by atoms with van der Waals surface area (Å²) in [5.74, 6) is 0.920. The van der Waals surface area contributed by atoms with Crippen LogP contribution in [0.2, 0.25) is 0 Å². The van der Waals surface area contributed by atoms with Crippen molar-refractivity contribution in [2.24, 2.45) is 11.7 Å². The van der Waals surface area contributed by atoms with Crippen molar-refractivity contribution in [2.75, 3.05) is 6.54 Å². The first-order valence-corrected chi connectivity index (χ1v) is 9.56. The van der Waals surface area contributed by atoms with Gasteiger partial charge in [-0.05, 0) is 49.6 Å². The molecule has 0 saturated heterocycles. The van der Waals surface area contributed by atoms with Crippen molar-refractivity contribution < 1.29 is 9.53 Å². The lowest BCUT2D eigenvalue weighted by atomic mass is 9.90. The molecular weight excluding hydrogens is 352 g/mol. The summed E-state index contributed by atoms with van der Waals surface area (Å²) in [6.07, 6.45) is 4.70. The van der Waals surface area contributed by atoms with Crippen LogP contribution in [0.15, 0.2) is 54.9 Å². The molecule has 1 atom stereocenters. The fourth-order valence-corrected chi connectivity index (χ4v) is 3.37. The predicted octanol–water partition coefficient (Wildman–Crippen LogP) is 3.41. The molecule has 3 N–H and O–H groups in total. The Labute approximate surface area is 165 Å². The number of imidazole rings is 1. The zero-order chi connectivity index (χ0) is 20.1. The van der Waals surface area contributed by atoms with Crippen LogP contribution in [0.3, 0.4) is 0 Å². The van der Waals surface area contributed by atoms with E-state index in [1.54, 1.807) is 12.1 Å². The van der Waals surface area contributed by atoms with Gasteiger partial charge in [0, 0.05) is 30.0 Å². The molecule has 0 aliphatic carbocycles. The van der Waals surface area contributed by atoms with Crippen LogP contribution in [0.1, 0.15) is 43.2 Å². The first kappa shape index (κ1) is 19.9. The van der Waals surface area contributed by atoms with Crippen molar-refractivity contribution in [1.29, 1.82) is 0 Å². The van der Waals surface area contributed by atoms with Gasteiger partial charge in [0.25, 0.3) is 5.91 Å². The zero-order valence-corrected chi connectivity index (χ0v) is 16.7. The topological polar surface area (TPSA) is 81.6 Å². The number of rotatable bonds is 8. The maximum Gasteiger partial charge on any atom is 0.251 e. The van der Waals surface area contributed by atoms with E-state index in [0.29, 0.717) is 30.4 Å². The largest absolute Gasteiger partial charge is 0.487 e. The molecule has 28 heavy (non-hydrogen) atoms. The van der Waals surface area contributed by atoms with E-state index >= 15 is 0 Å². The molecule has 0 spiro atoms. The van der Waals surface area contributed by atoms with Gasteiger partial charge in [-0.15, -0.1) is 0 Å². The fourth-order valence-electron chi connectivity index (χ4n) is 3.37. The number of nitrogens with two attached hydrogens (primary N) is 1. The van der Waals surface area contributed by atoms with Gasteiger partial charge in [0.15, 0.2) is 0 Å². The monoisotopic (exact) mass is 380 g/mol. The lowest BCUT2D eigenvalue weighted by molar-refractivity contribution is 0.0897. The Bertz CT molecular complexity index is 917. The number of ether oxygens (including phenoxy) is 1. The summed E-state index contributed by atoms with van der Waals surface area (Å²) in [6.45, 7) is 6.94. The summed E-state index contributed by atoms with van der Waals surface area (Å²) in [5.41, 5.74) is 7.73. The Morgan fingerprint density at radius 1 is 1.29 bits per heavy atom. The van der Waals surface area contributed by atoms with Gasteiger partial charge in [-0.1, -0.05) is 26.0 Å². The first-order valence-electron chi connectivity index (χ1n) is 9.56. The Morgan fingerprint density at radius 3 is 2.82 bits per heavy atom. The molecule has 6 heteroatoms. The molecule has 148 valence electrons. The van der Waals surface area contributed by atoms with Crippen molar-refractivity contribution in [3.63, 3.8) is 0 Å². The van der Waals surface area contributed by atoms with E-state index in [-0.39, 0.29) is 5.91 Å². The van der Waals surface area contributed by atoms with Crippen LogP contribution in [0.5, 0.6) is 5.75 Å². The van der Waals surface area contributed by atoms with Crippen LogP contribution in [0.25, 0.3) is 5.65 Å². The number of benzene rings is 1. The van der Waals surface area contributed by atoms with Crippen LogP contribution >= 0.6 is 0 Å². The Morgan fingerprint density at radius 2 is 2.11 bits per heavy atom. The third-order valence-corrected chi connectivity index (χ3v) is 4.62. The minimum absolute atomic E-state index is 0.146. The number of pyridine rings is 1. The fraction of sp³-hybridized carbons (Fsp3) is 0.364. The summed E-state index contributed by atoms with van der Waals surface area (Å²) >= 11 is 0. The van der Waals surface area contributed by atoms with E-state index in [9.17, 15) is 4.79 Å². The molecule has 0 bridgehead atoms. The van der Waals surface area contributed by atoms with Gasteiger partial charge in [0.05, 0.1) is 5.69 Å². The third kappa shape index (κ3) is 4.89. The van der Waals surface area contributed by atoms with Crippen LogP contribution < -0.4 is 15.8 Å². The number of hydrogen-bond donors (Lipinski definition) is 2. The van der Waals surface area contributed by atoms with Crippen LogP contribution in [0.4, 0.5) is 0 Å². The molecule has 0 saturated carbocycles. The van der Waals surface area contributed by atoms with Crippen LogP contribution in [0, 0.1) is 5.92 Å². The summed E-state index contributed by atoms with van der Waals surface area (Å²) < 4.78 is 7.80. The van der Waals surface area contributed by atoms with Gasteiger partial charge in [-0.25, -0.2) is 4.98 Å². The molecule has 1 amide bonds. The quantitative estimate of drug-likeness (QED) is 0.627. The van der Waals surface area contributed by atoms with Gasteiger partial charge < -0.3 is 20.2 Å². The maximum absolute atomic E-state index is 12.7. The molecular formula is C22H28N4O2. The highest BCUT2D eigenvalue weighted by molar-refractivity contribution is 5.95. The third-order valence-electron chi connectivity index (χ3n) is 4.62. The number of nitrogens with one attached hydrogen (secondary N) is 1. The first-order chi connectivity index (χ1) is 13.4. The zero-order valence-electron chi connectivity index (χ0n) is 16.7. The molecule has 3 aromatic rings. The van der Waals surface area contributed by atoms with E-state index in [0.717, 1.165) is 17.8 Å². The summed E-state index contributed by atoms with van der Waals surface area (Å²) in [5, 5.41) is 3.07. The SMILES string of the molecule is CC(C)CC(C)(CN)NC(=O)c1cccc(OCc2cn3ccccc3n2)c1. The maximum atomic E-state index is 12.7. The molecule has 3 rings (SSSR count). The molecule has 0 radical (unpaired) electrons. The predicted molar refractivity (Wildman–Crippen MR) is 110 cm³/mol. The molecule has 0 fully saturated rings. The molecule has 6 nitrogen and oxygen atoms in total. The van der Waals surface area contributed by atoms with E-state index in [2.05, 4.69) is 24.1 Å². The second-order valence-electron chi connectivity index (χ2n) is 7.83. The minimum Gasteiger partial charge on any atom is -0.487 e. The average Bonchev–Trinajstić information content (AvgIpc) is 3.09. The Kier molecular flexibility index (Phi) is 5.99. The molecule has 0 aliphatic heterocycles. The van der Waals surface area contributed by atoms with Crippen molar-refractivity contribution in [1.82, 2.24) is 14.7 Å². The number of nitrogens with zero attached hydrogens (tertiary/aromatic N) is 2. The highest BCUT2D eigenvalue weighted by Crippen LogP contribution is 2.19. The average molecular weight is 380 g/mol. The number of hydrogen-bond acceptors (Lipinski definition) is 4. The Balaban J connectivity index is 1.66. The van der Waals surface area contributed by atoms with Gasteiger partial charge in [-0.3, -0.25) is 4.79 Å². The summed E-state index contributed by atoms with van der Waals surface area (Å²) in [6, 6.07) is 13.0. The molecule has 1 unspecified atom stereocenters. The minimum atomic E-state index is -0.432. The highest BCUT2D eigenvalue weighted by Gasteiger charge is 2.26. The number of aromatic nitrogens is 2. The second kappa shape index (κ2) is 8.44. The Hall–Kier alpha value is -2.86. The van der Waals surface area contributed by atoms with Crippen molar-refractivity contribution in [3.8, 4) is 5.75 Å². The molecule has 2 heterocycles. The second-order valence-corrected chi connectivity index (χ2v) is 7.83. The van der Waals surface area contributed by atoms with Crippen molar-refractivity contribution in [3.05, 3.63) is 66.1 Å². The number of carbonyl (C=O) groups excluding carboxylic acids is 1. The van der Waals surface area contributed by atoms with Gasteiger partial charge in [0.2, 0.25) is 0 Å². The van der Waals surface area contributed by atoms with Crippen molar-refractivity contribution >= 4 is 11.6 Å². The normalized spacial score (nSPS) is 13.5. The smallest absolute Gasteiger partial charge is 0.251 e. The molecule has 0 aliphatic rings.